The molecule has 1 saturated carbocycles. The molecule has 174 valence electrons. The van der Waals surface area contributed by atoms with Gasteiger partial charge in [0.1, 0.15) is 5.82 Å². The predicted molar refractivity (Wildman–Crippen MR) is 119 cm³/mol. The number of pyridine rings is 1. The van der Waals surface area contributed by atoms with Gasteiger partial charge < -0.3 is 15.1 Å². The lowest BCUT2D eigenvalue weighted by Gasteiger charge is -2.22. The third-order valence-electron chi connectivity index (χ3n) is 5.71. The monoisotopic (exact) mass is 458 g/mol. The molecule has 1 aromatic carbocycles. The van der Waals surface area contributed by atoms with E-state index in [9.17, 15) is 22.8 Å². The van der Waals surface area contributed by atoms with Gasteiger partial charge in [0.2, 0.25) is 5.91 Å². The number of nitrogens with one attached hydrogen (secondary N) is 1. The minimum Gasteiger partial charge on any atom is -0.355 e. The quantitative estimate of drug-likeness (QED) is 0.694. The number of amides is 2. The number of benzene rings is 1. The molecule has 1 N–H and O–H groups in total. The maximum atomic E-state index is 12.7. The first-order valence-corrected chi connectivity index (χ1v) is 11.0. The molecule has 2 amide bonds. The lowest BCUT2D eigenvalue weighted by molar-refractivity contribution is -0.137. The van der Waals surface area contributed by atoms with Crippen LogP contribution >= 0.6 is 0 Å². The van der Waals surface area contributed by atoms with Crippen LogP contribution in [-0.2, 0) is 11.0 Å². The minimum absolute atomic E-state index is 0.0826. The molecule has 2 fully saturated rings. The first-order valence-electron chi connectivity index (χ1n) is 11.0. The van der Waals surface area contributed by atoms with Crippen LogP contribution < -0.4 is 10.2 Å². The average molecular weight is 458 g/mol. The summed E-state index contributed by atoms with van der Waals surface area (Å²) < 4.78 is 38.2. The number of anilines is 1. The SMILES string of the molecule is O=C(NC1CC1)c1ccc(/C=C/C(=O)N2CCCN(c3ccc(C(F)(F)F)cn3)CC2)cc1. The number of hydrogen-bond donors (Lipinski definition) is 1. The second-order valence-corrected chi connectivity index (χ2v) is 8.27. The zero-order chi connectivity index (χ0) is 23.4. The van der Waals surface area contributed by atoms with Gasteiger partial charge in [-0.3, -0.25) is 9.59 Å². The van der Waals surface area contributed by atoms with Gasteiger partial charge in [-0.25, -0.2) is 4.98 Å². The van der Waals surface area contributed by atoms with E-state index in [1.54, 1.807) is 35.2 Å². The van der Waals surface area contributed by atoms with E-state index in [0.29, 0.717) is 50.0 Å². The number of aromatic nitrogens is 1. The molecule has 0 bridgehead atoms. The molecule has 2 heterocycles. The summed E-state index contributed by atoms with van der Waals surface area (Å²) in [7, 11) is 0. The highest BCUT2D eigenvalue weighted by Gasteiger charge is 2.31. The van der Waals surface area contributed by atoms with Crippen molar-refractivity contribution in [3.05, 3.63) is 65.4 Å². The van der Waals surface area contributed by atoms with Crippen molar-refractivity contribution in [2.75, 3.05) is 31.1 Å². The van der Waals surface area contributed by atoms with Crippen molar-refractivity contribution >= 4 is 23.7 Å². The van der Waals surface area contributed by atoms with Crippen LogP contribution in [0.4, 0.5) is 19.0 Å². The Hall–Kier alpha value is -3.36. The highest BCUT2D eigenvalue weighted by atomic mass is 19.4. The van der Waals surface area contributed by atoms with Crippen molar-refractivity contribution in [2.45, 2.75) is 31.5 Å². The first kappa shape index (κ1) is 22.8. The smallest absolute Gasteiger partial charge is 0.355 e. The molecule has 4 rings (SSSR count). The third kappa shape index (κ3) is 6.12. The van der Waals surface area contributed by atoms with Gasteiger partial charge in [0.05, 0.1) is 5.56 Å². The summed E-state index contributed by atoms with van der Waals surface area (Å²) in [6.45, 7) is 2.10. The number of carbonyl (C=O) groups excluding carboxylic acids is 2. The van der Waals surface area contributed by atoms with E-state index < -0.39 is 11.7 Å². The van der Waals surface area contributed by atoms with Gasteiger partial charge in [-0.15, -0.1) is 0 Å². The number of halogens is 3. The Labute approximate surface area is 190 Å². The van der Waals surface area contributed by atoms with Gasteiger partial charge in [-0.05, 0) is 55.2 Å². The van der Waals surface area contributed by atoms with E-state index in [4.69, 9.17) is 0 Å². The maximum Gasteiger partial charge on any atom is 0.417 e. The Morgan fingerprint density at radius 3 is 2.39 bits per heavy atom. The van der Waals surface area contributed by atoms with E-state index in [0.717, 1.165) is 30.7 Å². The summed E-state index contributed by atoms with van der Waals surface area (Å²) in [5, 5.41) is 2.94. The number of alkyl halides is 3. The third-order valence-corrected chi connectivity index (χ3v) is 5.71. The topological polar surface area (TPSA) is 65.5 Å². The highest BCUT2D eigenvalue weighted by molar-refractivity contribution is 5.95. The zero-order valence-corrected chi connectivity index (χ0v) is 18.0. The molecule has 0 spiro atoms. The summed E-state index contributed by atoms with van der Waals surface area (Å²) in [5.41, 5.74) is 0.631. The minimum atomic E-state index is -4.41. The molecule has 9 heteroatoms. The molecule has 6 nitrogen and oxygen atoms in total. The summed E-state index contributed by atoms with van der Waals surface area (Å²) >= 11 is 0. The number of rotatable bonds is 5. The Morgan fingerprint density at radius 1 is 1.00 bits per heavy atom. The summed E-state index contributed by atoms with van der Waals surface area (Å²) in [4.78, 5) is 32.3. The second-order valence-electron chi connectivity index (χ2n) is 8.27. The van der Waals surface area contributed by atoms with Gasteiger partial charge in [-0.2, -0.15) is 13.2 Å². The summed E-state index contributed by atoms with van der Waals surface area (Å²) in [6.07, 6.45) is 2.40. The number of carbonyl (C=O) groups is 2. The second kappa shape index (κ2) is 9.64. The Balaban J connectivity index is 1.31. The molecular formula is C24H25F3N4O2. The summed E-state index contributed by atoms with van der Waals surface area (Å²) in [5.74, 6) is 0.257. The van der Waals surface area contributed by atoms with E-state index >= 15 is 0 Å². The molecular weight excluding hydrogens is 433 g/mol. The molecule has 33 heavy (non-hydrogen) atoms. The van der Waals surface area contributed by atoms with Crippen LogP contribution in [0, 0.1) is 0 Å². The van der Waals surface area contributed by atoms with Crippen molar-refractivity contribution in [3.8, 4) is 0 Å². The Morgan fingerprint density at radius 2 is 1.76 bits per heavy atom. The van der Waals surface area contributed by atoms with Crippen molar-refractivity contribution in [1.29, 1.82) is 0 Å². The van der Waals surface area contributed by atoms with Crippen LogP contribution in [0.2, 0.25) is 0 Å². The van der Waals surface area contributed by atoms with Gasteiger partial charge in [0.25, 0.3) is 5.91 Å². The first-order chi connectivity index (χ1) is 15.8. The van der Waals surface area contributed by atoms with Gasteiger partial charge in [-0.1, -0.05) is 12.1 Å². The fourth-order valence-corrected chi connectivity index (χ4v) is 3.62. The Bertz CT molecular complexity index is 1020. The van der Waals surface area contributed by atoms with E-state index in [1.165, 1.54) is 12.1 Å². The average Bonchev–Trinajstić information content (AvgIpc) is 3.64. The van der Waals surface area contributed by atoms with Crippen LogP contribution in [-0.4, -0.2) is 53.9 Å². The standard InChI is InChI=1S/C24H25F3N4O2/c25-24(26,27)19-7-10-21(28-16-19)30-12-1-13-31(15-14-30)22(32)11-4-17-2-5-18(6-3-17)23(33)29-20-8-9-20/h2-7,10-11,16,20H,1,8-9,12-15H2,(H,29,33)/b11-4+. The molecule has 1 aliphatic carbocycles. The van der Waals surface area contributed by atoms with Crippen molar-refractivity contribution in [3.63, 3.8) is 0 Å². The van der Waals surface area contributed by atoms with Crippen molar-refractivity contribution in [1.82, 2.24) is 15.2 Å². The molecule has 2 aromatic rings. The molecule has 0 unspecified atom stereocenters. The molecule has 1 saturated heterocycles. The zero-order valence-electron chi connectivity index (χ0n) is 18.0. The van der Waals surface area contributed by atoms with E-state index in [1.807, 2.05) is 4.90 Å². The maximum absolute atomic E-state index is 12.7. The van der Waals surface area contributed by atoms with Crippen molar-refractivity contribution in [2.24, 2.45) is 0 Å². The largest absolute Gasteiger partial charge is 0.417 e. The van der Waals surface area contributed by atoms with Crippen LogP contribution in [0.1, 0.15) is 40.7 Å². The number of nitrogens with zero attached hydrogens (tertiary/aromatic N) is 3. The molecule has 1 aliphatic heterocycles. The molecule has 0 radical (unpaired) electrons. The van der Waals surface area contributed by atoms with Crippen LogP contribution in [0.3, 0.4) is 0 Å². The van der Waals surface area contributed by atoms with Crippen LogP contribution in [0.5, 0.6) is 0 Å². The summed E-state index contributed by atoms with van der Waals surface area (Å²) in [6, 6.07) is 9.77. The lowest BCUT2D eigenvalue weighted by atomic mass is 10.1. The molecule has 1 aromatic heterocycles. The highest BCUT2D eigenvalue weighted by Crippen LogP contribution is 2.29. The van der Waals surface area contributed by atoms with Crippen LogP contribution in [0.25, 0.3) is 6.08 Å². The van der Waals surface area contributed by atoms with Crippen molar-refractivity contribution < 1.29 is 22.8 Å². The lowest BCUT2D eigenvalue weighted by Crippen LogP contribution is -2.34. The molecule has 2 aliphatic rings. The predicted octanol–water partition coefficient (Wildman–Crippen LogP) is 3.74. The molecule has 0 atom stereocenters. The van der Waals surface area contributed by atoms with Crippen LogP contribution in [0.15, 0.2) is 48.7 Å². The fraction of sp³-hybridized carbons (Fsp3) is 0.375. The van der Waals surface area contributed by atoms with Gasteiger partial charge in [0, 0.05) is 50.1 Å². The fourth-order valence-electron chi connectivity index (χ4n) is 3.62. The van der Waals surface area contributed by atoms with E-state index in [2.05, 4.69) is 10.3 Å². The normalized spacial score (nSPS) is 17.2. The van der Waals surface area contributed by atoms with Gasteiger partial charge >= 0.3 is 6.18 Å². The Kier molecular flexibility index (Phi) is 6.67. The number of hydrogen-bond acceptors (Lipinski definition) is 4. The van der Waals surface area contributed by atoms with E-state index in [-0.39, 0.29) is 11.8 Å². The van der Waals surface area contributed by atoms with Gasteiger partial charge in [0.15, 0.2) is 0 Å².